The molecule has 0 fully saturated rings. The van der Waals surface area contributed by atoms with Crippen LogP contribution in [0.2, 0.25) is 0 Å². The van der Waals surface area contributed by atoms with E-state index in [1.54, 1.807) is 18.2 Å². The Labute approximate surface area is 106 Å². The van der Waals surface area contributed by atoms with Gasteiger partial charge in [-0.2, -0.15) is 4.99 Å². The van der Waals surface area contributed by atoms with Gasteiger partial charge in [0.25, 0.3) is 0 Å². The second kappa shape index (κ2) is 7.40. The van der Waals surface area contributed by atoms with Crippen LogP contribution in [0.3, 0.4) is 0 Å². The Balaban J connectivity index is 2.47. The Morgan fingerprint density at radius 1 is 1.50 bits per heavy atom. The molecule has 0 heterocycles. The Morgan fingerprint density at radius 3 is 2.83 bits per heavy atom. The lowest BCUT2D eigenvalue weighted by Gasteiger charge is -2.22. The minimum Gasteiger partial charge on any atom is -0.493 e. The molecule has 0 saturated heterocycles. The molecule has 1 rings (SSSR count). The summed E-state index contributed by atoms with van der Waals surface area (Å²) in [6, 6.07) is 9.19. The molecule has 18 heavy (non-hydrogen) atoms. The maximum absolute atomic E-state index is 10.3. The predicted octanol–water partition coefficient (Wildman–Crippen LogP) is 1.21. The maximum atomic E-state index is 10.3. The van der Waals surface area contributed by atoms with Crippen LogP contribution in [0.5, 0.6) is 5.75 Å². The zero-order valence-corrected chi connectivity index (χ0v) is 10.0. The van der Waals surface area contributed by atoms with E-state index in [1.807, 2.05) is 18.2 Å². The smallest absolute Gasteiger partial charge is 0.239 e. The summed E-state index contributed by atoms with van der Waals surface area (Å²) >= 11 is 0. The fourth-order valence-electron chi connectivity index (χ4n) is 1.32. The van der Waals surface area contributed by atoms with Crippen molar-refractivity contribution in [2.45, 2.75) is 12.3 Å². The molecule has 5 nitrogen and oxygen atoms in total. The number of isocyanates is 1. The maximum Gasteiger partial charge on any atom is 0.239 e. The molecule has 0 aliphatic carbocycles. The first-order chi connectivity index (χ1) is 8.70. The largest absolute Gasteiger partial charge is 0.493 e. The van der Waals surface area contributed by atoms with Crippen molar-refractivity contribution < 1.29 is 14.6 Å². The van der Waals surface area contributed by atoms with Crippen LogP contribution < -0.4 is 10.1 Å². The number of benzene rings is 1. The molecule has 0 spiro atoms. The second-order valence-corrected chi connectivity index (χ2v) is 3.60. The lowest BCUT2D eigenvalue weighted by molar-refractivity contribution is -0.00164. The zero-order chi connectivity index (χ0) is 13.3. The molecular weight excluding hydrogens is 232 g/mol. The normalized spacial score (nSPS) is 13.2. The molecule has 0 aliphatic heterocycles. The summed E-state index contributed by atoms with van der Waals surface area (Å²) in [6.45, 7) is 4.05. The summed E-state index contributed by atoms with van der Waals surface area (Å²) in [7, 11) is 0. The number of hydrogen-bond acceptors (Lipinski definition) is 5. The molecule has 0 amide bonds. The van der Waals surface area contributed by atoms with Crippen molar-refractivity contribution >= 4 is 6.08 Å². The van der Waals surface area contributed by atoms with E-state index >= 15 is 0 Å². The number of para-hydroxylation sites is 1. The summed E-state index contributed by atoms with van der Waals surface area (Å²) < 4.78 is 5.41. The van der Waals surface area contributed by atoms with E-state index in [0.29, 0.717) is 12.3 Å². The third-order valence-corrected chi connectivity index (χ3v) is 2.22. The summed E-state index contributed by atoms with van der Waals surface area (Å²) in [6.07, 6.45) is 3.03. The highest BCUT2D eigenvalue weighted by Gasteiger charge is 2.24. The highest BCUT2D eigenvalue weighted by Crippen LogP contribution is 2.12. The van der Waals surface area contributed by atoms with E-state index in [4.69, 9.17) is 4.74 Å². The molecule has 2 N–H and O–H groups in total. The number of rotatable bonds is 8. The Hall–Kier alpha value is -1.94. The summed E-state index contributed by atoms with van der Waals surface area (Å²) in [4.78, 5) is 13.6. The van der Waals surface area contributed by atoms with Crippen molar-refractivity contribution in [3.63, 3.8) is 0 Å². The topological polar surface area (TPSA) is 70.9 Å². The van der Waals surface area contributed by atoms with Crippen LogP contribution >= 0.6 is 0 Å². The van der Waals surface area contributed by atoms with Crippen molar-refractivity contribution in [2.24, 2.45) is 4.99 Å². The van der Waals surface area contributed by atoms with E-state index < -0.39 is 5.85 Å². The minimum atomic E-state index is -1.66. The average molecular weight is 248 g/mol. The van der Waals surface area contributed by atoms with Gasteiger partial charge in [0, 0.05) is 13.0 Å². The van der Waals surface area contributed by atoms with Gasteiger partial charge >= 0.3 is 0 Å². The van der Waals surface area contributed by atoms with Crippen LogP contribution in [0.1, 0.15) is 6.42 Å². The number of nitrogens with one attached hydrogen (secondary N) is 1. The van der Waals surface area contributed by atoms with Crippen molar-refractivity contribution in [3.8, 4) is 5.75 Å². The molecule has 96 valence electrons. The molecular formula is C13H16N2O3. The number of aliphatic imine (C=N–C) groups is 1. The fourth-order valence-corrected chi connectivity index (χ4v) is 1.32. The number of nitrogens with zero attached hydrogens (tertiary/aromatic N) is 1. The monoisotopic (exact) mass is 248 g/mol. The average Bonchev–Trinajstić information content (AvgIpc) is 2.38. The number of ether oxygens (including phenoxy) is 1. The first-order valence-corrected chi connectivity index (χ1v) is 5.55. The number of carbonyl (C=O) groups excluding carboxylic acids is 1. The highest BCUT2D eigenvalue weighted by atomic mass is 16.5. The molecule has 1 aromatic carbocycles. The predicted molar refractivity (Wildman–Crippen MR) is 67.8 cm³/mol. The quantitative estimate of drug-likeness (QED) is 0.314. The van der Waals surface area contributed by atoms with Gasteiger partial charge in [-0.05, 0) is 12.1 Å². The fraction of sp³-hybridized carbons (Fsp3) is 0.308. The molecule has 0 radical (unpaired) electrons. The zero-order valence-electron chi connectivity index (χ0n) is 10.0. The Kier molecular flexibility index (Phi) is 5.80. The lowest BCUT2D eigenvalue weighted by Crippen LogP contribution is -2.44. The van der Waals surface area contributed by atoms with Gasteiger partial charge in [-0.1, -0.05) is 24.3 Å². The molecule has 0 bridgehead atoms. The van der Waals surface area contributed by atoms with Gasteiger partial charge in [0.05, 0.1) is 6.61 Å². The van der Waals surface area contributed by atoms with Crippen LogP contribution in [-0.2, 0) is 4.79 Å². The molecule has 0 aromatic heterocycles. The lowest BCUT2D eigenvalue weighted by atomic mass is 10.3. The molecule has 5 heteroatoms. The van der Waals surface area contributed by atoms with Gasteiger partial charge in [0.2, 0.25) is 11.9 Å². The van der Waals surface area contributed by atoms with Crippen LogP contribution in [-0.4, -0.2) is 30.2 Å². The molecule has 1 unspecified atom stereocenters. The third kappa shape index (κ3) is 4.93. The first kappa shape index (κ1) is 14.1. The summed E-state index contributed by atoms with van der Waals surface area (Å²) in [5.41, 5.74) is 0. The summed E-state index contributed by atoms with van der Waals surface area (Å²) in [5, 5.41) is 12.6. The van der Waals surface area contributed by atoms with E-state index in [1.165, 1.54) is 6.08 Å². The second-order valence-electron chi connectivity index (χ2n) is 3.60. The summed E-state index contributed by atoms with van der Waals surface area (Å²) in [5.74, 6) is -0.969. The van der Waals surface area contributed by atoms with Crippen LogP contribution in [0.25, 0.3) is 0 Å². The van der Waals surface area contributed by atoms with Gasteiger partial charge in [0.1, 0.15) is 5.75 Å². The van der Waals surface area contributed by atoms with E-state index in [-0.39, 0.29) is 13.0 Å². The van der Waals surface area contributed by atoms with Crippen LogP contribution in [0.4, 0.5) is 0 Å². The number of aliphatic hydroxyl groups is 1. The van der Waals surface area contributed by atoms with Gasteiger partial charge in [-0.3, -0.25) is 5.32 Å². The van der Waals surface area contributed by atoms with Crippen molar-refractivity contribution in [2.75, 3.05) is 13.2 Å². The number of hydrogen-bond donors (Lipinski definition) is 2. The Bertz CT molecular complexity index is 416. The standard InChI is InChI=1S/C13H16N2O3/c1-2-9-14-13(17,15-11-16)8-10-18-12-6-4-3-5-7-12/h2-7,14,17H,1,8-10H2. The van der Waals surface area contributed by atoms with E-state index in [0.717, 1.165) is 0 Å². The van der Waals surface area contributed by atoms with Gasteiger partial charge in [-0.15, -0.1) is 6.58 Å². The van der Waals surface area contributed by atoms with Crippen molar-refractivity contribution in [1.29, 1.82) is 0 Å². The van der Waals surface area contributed by atoms with Crippen molar-refractivity contribution in [1.82, 2.24) is 5.32 Å². The van der Waals surface area contributed by atoms with E-state index in [9.17, 15) is 9.90 Å². The SMILES string of the molecule is C=CCNC(O)(CCOc1ccccc1)N=C=O. The van der Waals surface area contributed by atoms with Gasteiger partial charge in [-0.25, -0.2) is 4.79 Å². The van der Waals surface area contributed by atoms with Gasteiger partial charge < -0.3 is 9.84 Å². The van der Waals surface area contributed by atoms with Gasteiger partial charge in [0.15, 0.2) is 0 Å². The molecule has 1 aromatic rings. The van der Waals surface area contributed by atoms with Crippen LogP contribution in [0.15, 0.2) is 48.0 Å². The minimum absolute atomic E-state index is 0.130. The molecule has 0 saturated carbocycles. The third-order valence-electron chi connectivity index (χ3n) is 2.22. The molecule has 1 atom stereocenters. The molecule has 0 aliphatic rings. The first-order valence-electron chi connectivity index (χ1n) is 5.55. The van der Waals surface area contributed by atoms with Crippen molar-refractivity contribution in [3.05, 3.63) is 43.0 Å². The van der Waals surface area contributed by atoms with E-state index in [2.05, 4.69) is 16.9 Å². The van der Waals surface area contributed by atoms with Crippen LogP contribution in [0, 0.1) is 0 Å². The highest BCUT2D eigenvalue weighted by molar-refractivity contribution is 5.34. The Morgan fingerprint density at radius 2 is 2.22 bits per heavy atom.